The number of piperidine rings is 1. The quantitative estimate of drug-likeness (QED) is 0.263. The summed E-state index contributed by atoms with van der Waals surface area (Å²) in [7, 11) is 0. The fourth-order valence-corrected chi connectivity index (χ4v) is 4.88. The second-order valence-corrected chi connectivity index (χ2v) is 9.91. The molecule has 40 heavy (non-hydrogen) atoms. The Morgan fingerprint density at radius 1 is 0.975 bits per heavy atom. The first-order valence-electron chi connectivity index (χ1n) is 12.9. The Balaban J connectivity index is 1.19. The Morgan fingerprint density at radius 3 is 2.58 bits per heavy atom. The van der Waals surface area contributed by atoms with Crippen LogP contribution in [0.25, 0.3) is 33.3 Å². The van der Waals surface area contributed by atoms with Crippen LogP contribution in [0.5, 0.6) is 0 Å². The number of H-pyrrole nitrogens is 1. The largest absolute Gasteiger partial charge is 0.319 e. The van der Waals surface area contributed by atoms with Crippen LogP contribution in [0.1, 0.15) is 28.9 Å². The molecule has 6 rings (SSSR count). The van der Waals surface area contributed by atoms with Gasteiger partial charge in [-0.15, -0.1) is 0 Å². The van der Waals surface area contributed by atoms with Crippen LogP contribution < -0.4 is 5.32 Å². The van der Waals surface area contributed by atoms with Crippen molar-refractivity contribution in [1.82, 2.24) is 25.1 Å². The van der Waals surface area contributed by atoms with Crippen LogP contribution in [0.2, 0.25) is 0 Å². The summed E-state index contributed by atoms with van der Waals surface area (Å²) in [6.45, 7) is 1.23. The monoisotopic (exact) mass is 542 g/mol. The molecule has 7 nitrogen and oxygen atoms in total. The van der Waals surface area contributed by atoms with E-state index in [-0.39, 0.29) is 24.4 Å². The lowest BCUT2D eigenvalue weighted by atomic mass is 10.0. The standard InChI is InChI=1S/C30H25F3N6O/c31-25-4-2-1-3-23(25)26-8-6-22(17-35-26)36-29(40)28-24-14-20(5-7-27(24)37-38-28)21-13-19(15-34-16-21)18-39-11-9-30(32,33)10-12-39/h1-8,13-17H,9-12,18H2,(H,36,40)(H,37,38). The number of carbonyl (C=O) groups excluding carboxylic acids is 1. The lowest BCUT2D eigenvalue weighted by molar-refractivity contribution is -0.0566. The molecular weight excluding hydrogens is 517 g/mol. The van der Waals surface area contributed by atoms with Crippen LogP contribution in [-0.2, 0) is 6.54 Å². The number of rotatable bonds is 6. The summed E-state index contributed by atoms with van der Waals surface area (Å²) in [5.41, 5.74) is 4.82. The molecule has 0 bridgehead atoms. The van der Waals surface area contributed by atoms with Gasteiger partial charge in [0.1, 0.15) is 5.82 Å². The molecule has 3 aromatic heterocycles. The van der Waals surface area contributed by atoms with Crippen molar-refractivity contribution >= 4 is 22.5 Å². The highest BCUT2D eigenvalue weighted by molar-refractivity contribution is 6.11. The number of fused-ring (bicyclic) bond motifs is 1. The Morgan fingerprint density at radius 2 is 1.80 bits per heavy atom. The van der Waals surface area contributed by atoms with Gasteiger partial charge in [0.05, 0.1) is 23.1 Å². The Labute approximate surface area is 228 Å². The van der Waals surface area contributed by atoms with Gasteiger partial charge in [0.25, 0.3) is 11.8 Å². The summed E-state index contributed by atoms with van der Waals surface area (Å²) in [6, 6.07) is 17.3. The number of aromatic nitrogens is 4. The predicted octanol–water partition coefficient (Wildman–Crippen LogP) is 6.31. The normalized spacial score (nSPS) is 15.3. The number of nitrogens with zero attached hydrogens (tertiary/aromatic N) is 4. The first-order chi connectivity index (χ1) is 19.3. The second-order valence-electron chi connectivity index (χ2n) is 9.91. The highest BCUT2D eigenvalue weighted by Crippen LogP contribution is 2.30. The summed E-state index contributed by atoms with van der Waals surface area (Å²) in [6.07, 6.45) is 4.69. The van der Waals surface area contributed by atoms with E-state index in [1.165, 1.54) is 12.3 Å². The minimum atomic E-state index is -2.58. The van der Waals surface area contributed by atoms with Crippen LogP contribution in [0.4, 0.5) is 18.9 Å². The van der Waals surface area contributed by atoms with Gasteiger partial charge in [-0.25, -0.2) is 13.2 Å². The van der Waals surface area contributed by atoms with E-state index in [2.05, 4.69) is 25.5 Å². The van der Waals surface area contributed by atoms with E-state index in [0.717, 1.165) is 16.7 Å². The molecule has 1 aliphatic heterocycles. The average molecular weight is 543 g/mol. The highest BCUT2D eigenvalue weighted by atomic mass is 19.3. The number of hydrogen-bond donors (Lipinski definition) is 2. The maximum Gasteiger partial charge on any atom is 0.276 e. The zero-order chi connectivity index (χ0) is 27.7. The van der Waals surface area contributed by atoms with E-state index in [0.29, 0.717) is 47.5 Å². The average Bonchev–Trinajstić information content (AvgIpc) is 3.39. The minimum absolute atomic E-state index is 0.131. The Hall–Kier alpha value is -4.57. The summed E-state index contributed by atoms with van der Waals surface area (Å²) in [5.74, 6) is -3.37. The number of benzene rings is 2. The molecule has 1 fully saturated rings. The molecule has 5 aromatic rings. The van der Waals surface area contributed by atoms with Crippen molar-refractivity contribution in [3.8, 4) is 22.4 Å². The first kappa shape index (κ1) is 25.7. The summed E-state index contributed by atoms with van der Waals surface area (Å²) in [5, 5.41) is 10.5. The lowest BCUT2D eigenvalue weighted by Gasteiger charge is -2.31. The molecule has 0 unspecified atom stereocenters. The van der Waals surface area contributed by atoms with Crippen LogP contribution in [0.3, 0.4) is 0 Å². The van der Waals surface area contributed by atoms with E-state index in [1.807, 2.05) is 29.2 Å². The van der Waals surface area contributed by atoms with Gasteiger partial charge in [0.15, 0.2) is 5.69 Å². The van der Waals surface area contributed by atoms with Crippen molar-refractivity contribution in [2.24, 2.45) is 0 Å². The maximum atomic E-state index is 14.1. The number of pyridine rings is 2. The van der Waals surface area contributed by atoms with Gasteiger partial charge in [0.2, 0.25) is 0 Å². The first-order valence-corrected chi connectivity index (χ1v) is 12.9. The number of nitrogens with one attached hydrogen (secondary N) is 2. The van der Waals surface area contributed by atoms with Crippen LogP contribution >= 0.6 is 0 Å². The molecule has 0 saturated carbocycles. The number of carbonyl (C=O) groups is 1. The molecule has 4 heterocycles. The van der Waals surface area contributed by atoms with E-state index in [9.17, 15) is 18.0 Å². The van der Waals surface area contributed by atoms with E-state index in [1.54, 1.807) is 42.7 Å². The molecule has 1 saturated heterocycles. The number of anilines is 1. The fourth-order valence-electron chi connectivity index (χ4n) is 4.88. The van der Waals surface area contributed by atoms with Gasteiger partial charge in [0, 0.05) is 61.4 Å². The number of likely N-dealkylation sites (tertiary alicyclic amines) is 1. The topological polar surface area (TPSA) is 86.8 Å². The third-order valence-electron chi connectivity index (χ3n) is 7.07. The molecule has 0 radical (unpaired) electrons. The SMILES string of the molecule is O=C(Nc1ccc(-c2ccccc2F)nc1)c1n[nH]c2ccc(-c3cncc(CN4CCC(F)(F)CC4)c3)cc12. The number of halogens is 3. The van der Waals surface area contributed by atoms with Crippen molar-refractivity contribution < 1.29 is 18.0 Å². The fraction of sp³-hybridized carbons (Fsp3) is 0.200. The molecule has 202 valence electrons. The second kappa shape index (κ2) is 10.5. The van der Waals surface area contributed by atoms with Gasteiger partial charge in [-0.05, 0) is 53.6 Å². The van der Waals surface area contributed by atoms with Crippen molar-refractivity contribution in [3.63, 3.8) is 0 Å². The van der Waals surface area contributed by atoms with E-state index in [4.69, 9.17) is 0 Å². The summed E-state index contributed by atoms with van der Waals surface area (Å²) >= 11 is 0. The molecular formula is C30H25F3N6O. The van der Waals surface area contributed by atoms with Crippen LogP contribution in [0.15, 0.2) is 79.3 Å². The minimum Gasteiger partial charge on any atom is -0.319 e. The van der Waals surface area contributed by atoms with Crippen molar-refractivity contribution in [2.75, 3.05) is 18.4 Å². The molecule has 1 amide bonds. The molecule has 2 aromatic carbocycles. The van der Waals surface area contributed by atoms with Crippen molar-refractivity contribution in [3.05, 3.63) is 96.3 Å². The van der Waals surface area contributed by atoms with Gasteiger partial charge >= 0.3 is 0 Å². The van der Waals surface area contributed by atoms with Gasteiger partial charge in [-0.3, -0.25) is 24.8 Å². The van der Waals surface area contributed by atoms with Crippen molar-refractivity contribution in [1.29, 1.82) is 0 Å². The van der Waals surface area contributed by atoms with E-state index >= 15 is 0 Å². The number of amides is 1. The molecule has 2 N–H and O–H groups in total. The Bertz CT molecular complexity index is 1680. The van der Waals surface area contributed by atoms with E-state index < -0.39 is 11.8 Å². The number of alkyl halides is 2. The highest BCUT2D eigenvalue weighted by Gasteiger charge is 2.33. The third kappa shape index (κ3) is 5.43. The van der Waals surface area contributed by atoms with Crippen molar-refractivity contribution in [2.45, 2.75) is 25.3 Å². The van der Waals surface area contributed by atoms with Gasteiger partial charge in [-0.2, -0.15) is 5.10 Å². The zero-order valence-electron chi connectivity index (χ0n) is 21.4. The maximum absolute atomic E-state index is 14.1. The number of hydrogen-bond acceptors (Lipinski definition) is 5. The smallest absolute Gasteiger partial charge is 0.276 e. The molecule has 10 heteroatoms. The lowest BCUT2D eigenvalue weighted by Crippen LogP contribution is -2.38. The number of aromatic amines is 1. The van der Waals surface area contributed by atoms with Gasteiger partial charge in [-0.1, -0.05) is 18.2 Å². The van der Waals surface area contributed by atoms with Gasteiger partial charge < -0.3 is 5.32 Å². The summed E-state index contributed by atoms with van der Waals surface area (Å²) in [4.78, 5) is 23.8. The zero-order valence-corrected chi connectivity index (χ0v) is 21.4. The van der Waals surface area contributed by atoms with Crippen LogP contribution in [-0.4, -0.2) is 50.0 Å². The third-order valence-corrected chi connectivity index (χ3v) is 7.07. The molecule has 1 aliphatic rings. The molecule has 0 atom stereocenters. The predicted molar refractivity (Wildman–Crippen MR) is 146 cm³/mol. The molecule has 0 aliphatic carbocycles. The molecule has 0 spiro atoms. The van der Waals surface area contributed by atoms with Crippen LogP contribution in [0, 0.1) is 5.82 Å². The Kier molecular flexibility index (Phi) is 6.77. The summed E-state index contributed by atoms with van der Waals surface area (Å²) < 4.78 is 41.1.